The van der Waals surface area contributed by atoms with E-state index in [1.165, 1.54) is 0 Å². The first-order valence-electron chi connectivity index (χ1n) is 10.8. The summed E-state index contributed by atoms with van der Waals surface area (Å²) in [5.41, 5.74) is 2.39. The Morgan fingerprint density at radius 1 is 0.970 bits per heavy atom. The van der Waals surface area contributed by atoms with Crippen LogP contribution in [-0.2, 0) is 16.0 Å². The molecule has 1 unspecified atom stereocenters. The van der Waals surface area contributed by atoms with Crippen molar-refractivity contribution >= 4 is 33.4 Å². The predicted molar refractivity (Wildman–Crippen MR) is 131 cm³/mol. The molecule has 5 nitrogen and oxygen atoms in total. The van der Waals surface area contributed by atoms with Crippen molar-refractivity contribution in [3.8, 4) is 5.75 Å². The van der Waals surface area contributed by atoms with Gasteiger partial charge in [-0.2, -0.15) is 0 Å². The van der Waals surface area contributed by atoms with E-state index in [1.807, 2.05) is 61.5 Å². The molecule has 6 heteroatoms. The van der Waals surface area contributed by atoms with Gasteiger partial charge in [0.25, 0.3) is 11.7 Å². The lowest BCUT2D eigenvalue weighted by Crippen LogP contribution is -2.31. The van der Waals surface area contributed by atoms with Gasteiger partial charge in [0.2, 0.25) is 0 Å². The van der Waals surface area contributed by atoms with Crippen LogP contribution in [0.1, 0.15) is 29.7 Å². The molecule has 3 aromatic carbocycles. The molecule has 0 spiro atoms. The molecule has 4 rings (SSSR count). The number of likely N-dealkylation sites (tertiary alicyclic amines) is 1. The maximum atomic E-state index is 13.1. The second-order valence-electron chi connectivity index (χ2n) is 7.74. The molecule has 1 heterocycles. The minimum Gasteiger partial charge on any atom is -0.507 e. The molecule has 1 N–H and O–H groups in total. The van der Waals surface area contributed by atoms with Gasteiger partial charge in [0.15, 0.2) is 0 Å². The van der Waals surface area contributed by atoms with E-state index in [9.17, 15) is 14.7 Å². The summed E-state index contributed by atoms with van der Waals surface area (Å²) in [6, 6.07) is 23.4. The number of hydrogen-bond donors (Lipinski definition) is 1. The quantitative estimate of drug-likeness (QED) is 0.261. The van der Waals surface area contributed by atoms with Gasteiger partial charge in [0.05, 0.1) is 18.2 Å². The maximum absolute atomic E-state index is 13.1. The Bertz CT molecular complexity index is 1170. The van der Waals surface area contributed by atoms with Gasteiger partial charge < -0.3 is 14.7 Å². The van der Waals surface area contributed by atoms with Crippen molar-refractivity contribution in [3.05, 3.63) is 106 Å². The van der Waals surface area contributed by atoms with E-state index in [0.717, 1.165) is 15.6 Å². The maximum Gasteiger partial charge on any atom is 0.295 e. The van der Waals surface area contributed by atoms with Crippen LogP contribution in [0.3, 0.4) is 0 Å². The smallest absolute Gasteiger partial charge is 0.295 e. The Balaban J connectivity index is 1.75. The van der Waals surface area contributed by atoms with Gasteiger partial charge in [-0.05, 0) is 60.9 Å². The van der Waals surface area contributed by atoms with E-state index in [2.05, 4.69) is 15.9 Å². The van der Waals surface area contributed by atoms with Crippen LogP contribution in [0.5, 0.6) is 5.75 Å². The predicted octanol–water partition coefficient (Wildman–Crippen LogP) is 5.51. The lowest BCUT2D eigenvalue weighted by molar-refractivity contribution is -0.139. The van der Waals surface area contributed by atoms with Crippen molar-refractivity contribution in [1.29, 1.82) is 0 Å². The summed E-state index contributed by atoms with van der Waals surface area (Å²) < 4.78 is 6.35. The molecule has 1 atom stereocenters. The van der Waals surface area contributed by atoms with Crippen LogP contribution in [0.2, 0.25) is 0 Å². The van der Waals surface area contributed by atoms with E-state index < -0.39 is 17.7 Å². The van der Waals surface area contributed by atoms with Crippen molar-refractivity contribution < 1.29 is 19.4 Å². The molecule has 1 aliphatic rings. The number of Topliss-reactive ketones (excluding diaryl/α,β-unsaturated/α-hetero) is 1. The number of carbonyl (C=O) groups is 2. The topological polar surface area (TPSA) is 66.8 Å². The summed E-state index contributed by atoms with van der Waals surface area (Å²) in [6.45, 7) is 2.78. The minimum atomic E-state index is -0.678. The van der Waals surface area contributed by atoms with Crippen molar-refractivity contribution in [1.82, 2.24) is 4.90 Å². The minimum absolute atomic E-state index is 0.0968. The van der Waals surface area contributed by atoms with Gasteiger partial charge in [-0.25, -0.2) is 0 Å². The van der Waals surface area contributed by atoms with Gasteiger partial charge in [-0.1, -0.05) is 58.4 Å². The van der Waals surface area contributed by atoms with Crippen LogP contribution in [0.4, 0.5) is 0 Å². The Labute approximate surface area is 201 Å². The van der Waals surface area contributed by atoms with Crippen LogP contribution in [0.25, 0.3) is 5.76 Å². The molecule has 1 saturated heterocycles. The number of aliphatic hydroxyl groups excluding tert-OH is 1. The highest BCUT2D eigenvalue weighted by atomic mass is 79.9. The first-order valence-corrected chi connectivity index (χ1v) is 11.6. The van der Waals surface area contributed by atoms with Crippen LogP contribution in [0, 0.1) is 0 Å². The molecule has 0 aliphatic carbocycles. The largest absolute Gasteiger partial charge is 0.507 e. The van der Waals surface area contributed by atoms with Crippen molar-refractivity contribution in [2.75, 3.05) is 13.2 Å². The van der Waals surface area contributed by atoms with Crippen LogP contribution in [-0.4, -0.2) is 34.8 Å². The highest BCUT2D eigenvalue weighted by molar-refractivity contribution is 9.10. The fraction of sp³-hybridized carbons (Fsp3) is 0.185. The molecule has 3 aromatic rings. The van der Waals surface area contributed by atoms with Gasteiger partial charge in [0.1, 0.15) is 11.5 Å². The zero-order valence-corrected chi connectivity index (χ0v) is 19.8. The zero-order valence-electron chi connectivity index (χ0n) is 18.2. The molecule has 0 radical (unpaired) electrons. The molecule has 0 aromatic heterocycles. The second kappa shape index (κ2) is 10.0. The number of amides is 1. The number of ether oxygens (including phenoxy) is 1. The molecular weight excluding hydrogens is 482 g/mol. The Morgan fingerprint density at radius 2 is 1.64 bits per heavy atom. The Kier molecular flexibility index (Phi) is 6.94. The number of hydrogen-bond acceptors (Lipinski definition) is 4. The molecule has 168 valence electrons. The normalized spacial score (nSPS) is 17.4. The standard InChI is InChI=1S/C27H24BrNO4/c1-2-33-22-14-10-20(11-15-22)25(30)23-24(19-8-12-21(28)13-9-19)29(27(32)26(23)31)17-16-18-6-4-3-5-7-18/h3-15,24,30H,2,16-17H2,1H3. The summed E-state index contributed by atoms with van der Waals surface area (Å²) in [5.74, 6) is -0.804. The number of halogens is 1. The average molecular weight is 506 g/mol. The molecule has 0 saturated carbocycles. The van der Waals surface area contributed by atoms with E-state index in [4.69, 9.17) is 4.74 Å². The summed E-state index contributed by atoms with van der Waals surface area (Å²) in [6.07, 6.45) is 0.601. The van der Waals surface area contributed by atoms with Crippen molar-refractivity contribution in [2.24, 2.45) is 0 Å². The molecule has 1 amide bonds. The van der Waals surface area contributed by atoms with E-state index in [-0.39, 0.29) is 11.3 Å². The molecule has 33 heavy (non-hydrogen) atoms. The molecular formula is C27H24BrNO4. The van der Waals surface area contributed by atoms with Crippen LogP contribution in [0.15, 0.2) is 88.9 Å². The highest BCUT2D eigenvalue weighted by Gasteiger charge is 2.45. The monoisotopic (exact) mass is 505 g/mol. The van der Waals surface area contributed by atoms with Crippen molar-refractivity contribution in [3.63, 3.8) is 0 Å². The third-order valence-electron chi connectivity index (χ3n) is 5.65. The number of carbonyl (C=O) groups excluding carboxylic acids is 2. The SMILES string of the molecule is CCOc1ccc(C(O)=C2C(=O)C(=O)N(CCc3ccccc3)C2c2ccc(Br)cc2)cc1. The van der Waals surface area contributed by atoms with E-state index in [0.29, 0.717) is 30.9 Å². The lowest BCUT2D eigenvalue weighted by atomic mass is 9.95. The number of aliphatic hydroxyl groups is 1. The zero-order chi connectivity index (χ0) is 23.4. The van der Waals surface area contributed by atoms with Crippen LogP contribution >= 0.6 is 15.9 Å². The first-order chi connectivity index (χ1) is 16.0. The van der Waals surface area contributed by atoms with Crippen LogP contribution < -0.4 is 4.74 Å². The Morgan fingerprint density at radius 3 is 2.27 bits per heavy atom. The lowest BCUT2D eigenvalue weighted by Gasteiger charge is -2.25. The van der Waals surface area contributed by atoms with Gasteiger partial charge in [-0.15, -0.1) is 0 Å². The highest BCUT2D eigenvalue weighted by Crippen LogP contribution is 2.40. The summed E-state index contributed by atoms with van der Waals surface area (Å²) in [4.78, 5) is 27.7. The molecule has 1 fully saturated rings. The van der Waals surface area contributed by atoms with Gasteiger partial charge in [-0.3, -0.25) is 9.59 Å². The van der Waals surface area contributed by atoms with E-state index >= 15 is 0 Å². The number of rotatable bonds is 7. The first kappa shape index (κ1) is 22.8. The fourth-order valence-electron chi connectivity index (χ4n) is 4.03. The third kappa shape index (κ3) is 4.86. The Hall–Kier alpha value is -3.38. The number of ketones is 1. The summed E-state index contributed by atoms with van der Waals surface area (Å²) >= 11 is 3.43. The molecule has 0 bridgehead atoms. The van der Waals surface area contributed by atoms with Crippen molar-refractivity contribution in [2.45, 2.75) is 19.4 Å². The number of nitrogens with zero attached hydrogens (tertiary/aromatic N) is 1. The van der Waals surface area contributed by atoms with Gasteiger partial charge in [0, 0.05) is 16.6 Å². The number of benzene rings is 3. The van der Waals surface area contributed by atoms with E-state index in [1.54, 1.807) is 29.2 Å². The van der Waals surface area contributed by atoms with Gasteiger partial charge >= 0.3 is 0 Å². The molecule has 1 aliphatic heterocycles. The summed E-state index contributed by atoms with van der Waals surface area (Å²) in [5, 5.41) is 11.1. The second-order valence-corrected chi connectivity index (χ2v) is 8.65. The average Bonchev–Trinajstić information content (AvgIpc) is 3.09. The third-order valence-corrected chi connectivity index (χ3v) is 6.18. The fourth-order valence-corrected chi connectivity index (χ4v) is 4.29. The summed E-state index contributed by atoms with van der Waals surface area (Å²) in [7, 11) is 0.